The standard InChI is InChI=1S/C14H25OSi.3CH3.Sn/c1-5-13-10-9-11-14(12-13)15-16(6-2,7-3)8-4;;;;/h1,5,12-13H,6-11H2,2-4H3;3*1H3;. The summed E-state index contributed by atoms with van der Waals surface area (Å²) in [7, 11) is -1.47. The first kappa shape index (κ1) is 18.3. The molecule has 1 aliphatic carbocycles. The number of hydrogen-bond donors (Lipinski definition) is 0. The Morgan fingerprint density at radius 1 is 1.20 bits per heavy atom. The third-order valence-electron chi connectivity index (χ3n) is 4.48. The molecule has 1 nitrogen and oxygen atoms in total. The van der Waals surface area contributed by atoms with Gasteiger partial charge in [0.05, 0.1) is 0 Å². The molecule has 0 aromatic heterocycles. The zero-order valence-electron chi connectivity index (χ0n) is 14.5. The van der Waals surface area contributed by atoms with Gasteiger partial charge in [0, 0.05) is 0 Å². The van der Waals surface area contributed by atoms with Crippen LogP contribution in [0.1, 0.15) is 40.0 Å². The second-order valence-electron chi connectivity index (χ2n) is 7.26. The van der Waals surface area contributed by atoms with E-state index in [0.717, 1.165) is 6.42 Å². The molecule has 20 heavy (non-hydrogen) atoms. The molecule has 0 aromatic rings. The van der Waals surface area contributed by atoms with Crippen molar-refractivity contribution < 1.29 is 4.43 Å². The molecule has 0 fully saturated rings. The number of hydrogen-bond acceptors (Lipinski definition) is 1. The van der Waals surface area contributed by atoms with Crippen LogP contribution in [0.3, 0.4) is 0 Å². The SMILES string of the molecule is CC[Si](CC)(CC)OC1=CC(/C=[CH]\[Sn]([CH3])([CH3])[CH3])CCC1. The molecular formula is C17H34OSiSn. The molecule has 0 radical (unpaired) electrons. The zero-order valence-corrected chi connectivity index (χ0v) is 18.3. The first-order chi connectivity index (χ1) is 9.34. The van der Waals surface area contributed by atoms with Gasteiger partial charge in [-0.2, -0.15) is 0 Å². The average molecular weight is 401 g/mol. The minimum atomic E-state index is -1.76. The van der Waals surface area contributed by atoms with Crippen LogP contribution in [-0.4, -0.2) is 26.7 Å². The molecule has 0 heterocycles. The van der Waals surface area contributed by atoms with Crippen molar-refractivity contribution in [2.24, 2.45) is 5.92 Å². The molecule has 0 aliphatic heterocycles. The van der Waals surface area contributed by atoms with E-state index in [1.54, 1.807) is 0 Å². The van der Waals surface area contributed by atoms with Crippen molar-refractivity contribution in [2.75, 3.05) is 0 Å². The number of allylic oxidation sites excluding steroid dienone is 3. The Labute approximate surface area is 131 Å². The number of rotatable bonds is 7. The molecular weight excluding hydrogens is 367 g/mol. The topological polar surface area (TPSA) is 9.23 Å². The predicted molar refractivity (Wildman–Crippen MR) is 96.2 cm³/mol. The van der Waals surface area contributed by atoms with E-state index < -0.39 is 26.7 Å². The molecule has 0 saturated carbocycles. The van der Waals surface area contributed by atoms with Crippen molar-refractivity contribution in [1.29, 1.82) is 0 Å². The van der Waals surface area contributed by atoms with Crippen molar-refractivity contribution in [1.82, 2.24) is 0 Å². The van der Waals surface area contributed by atoms with E-state index in [1.807, 2.05) is 0 Å². The molecule has 0 saturated heterocycles. The molecule has 0 aromatic carbocycles. The van der Waals surface area contributed by atoms with Gasteiger partial charge in [0.1, 0.15) is 0 Å². The van der Waals surface area contributed by atoms with E-state index in [9.17, 15) is 0 Å². The summed E-state index contributed by atoms with van der Waals surface area (Å²) in [6.07, 6.45) is 8.68. The summed E-state index contributed by atoms with van der Waals surface area (Å²) in [5.74, 6) is 1.94. The Morgan fingerprint density at radius 3 is 2.30 bits per heavy atom. The molecule has 0 spiro atoms. The van der Waals surface area contributed by atoms with Gasteiger partial charge in [-0.25, -0.2) is 0 Å². The monoisotopic (exact) mass is 402 g/mol. The van der Waals surface area contributed by atoms with Crippen LogP contribution in [0.4, 0.5) is 0 Å². The van der Waals surface area contributed by atoms with E-state index in [1.165, 1.54) is 36.7 Å². The first-order valence-electron chi connectivity index (χ1n) is 8.43. The van der Waals surface area contributed by atoms with Crippen LogP contribution in [0.2, 0.25) is 33.0 Å². The summed E-state index contributed by atoms with van der Waals surface area (Å²) in [4.78, 5) is 7.41. The first-order valence-corrected chi connectivity index (χ1v) is 21.2. The van der Waals surface area contributed by atoms with Crippen LogP contribution in [0.5, 0.6) is 0 Å². The summed E-state index contributed by atoms with van der Waals surface area (Å²) in [5.41, 5.74) is 0. The molecule has 0 N–H and O–H groups in total. The van der Waals surface area contributed by atoms with Crippen LogP contribution in [-0.2, 0) is 4.43 Å². The van der Waals surface area contributed by atoms with Gasteiger partial charge in [0.2, 0.25) is 0 Å². The summed E-state index contributed by atoms with van der Waals surface area (Å²) < 4.78 is 9.13. The normalized spacial score (nSPS) is 21.1. The van der Waals surface area contributed by atoms with Gasteiger partial charge in [0.15, 0.2) is 0 Å². The van der Waals surface area contributed by atoms with E-state index in [4.69, 9.17) is 4.43 Å². The van der Waals surface area contributed by atoms with Crippen LogP contribution in [0.25, 0.3) is 0 Å². The van der Waals surface area contributed by atoms with Crippen LogP contribution in [0.15, 0.2) is 22.0 Å². The van der Waals surface area contributed by atoms with Gasteiger partial charge >= 0.3 is 132 Å². The van der Waals surface area contributed by atoms with Gasteiger partial charge in [-0.3, -0.25) is 0 Å². The molecule has 1 atom stereocenters. The Hall–Kier alpha value is 0.296. The van der Waals surface area contributed by atoms with Crippen LogP contribution < -0.4 is 0 Å². The average Bonchev–Trinajstić information content (AvgIpc) is 2.42. The Bertz CT molecular complexity index is 342. The molecule has 3 heteroatoms. The van der Waals surface area contributed by atoms with Gasteiger partial charge < -0.3 is 0 Å². The van der Waals surface area contributed by atoms with Crippen LogP contribution in [0, 0.1) is 5.92 Å². The van der Waals surface area contributed by atoms with Crippen molar-refractivity contribution >= 4 is 26.7 Å². The molecule has 0 amide bonds. The molecule has 1 rings (SSSR count). The summed E-state index contributed by atoms with van der Waals surface area (Å²) >= 11 is -1.76. The summed E-state index contributed by atoms with van der Waals surface area (Å²) in [5, 5.41) is 0. The fourth-order valence-corrected chi connectivity index (χ4v) is 7.82. The maximum atomic E-state index is 6.57. The second kappa shape index (κ2) is 8.07. The molecule has 0 bridgehead atoms. The maximum absolute atomic E-state index is 6.57. The summed E-state index contributed by atoms with van der Waals surface area (Å²) in [6.45, 7) is 6.94. The summed E-state index contributed by atoms with van der Waals surface area (Å²) in [6, 6.07) is 3.74. The second-order valence-corrected chi connectivity index (χ2v) is 26.4. The van der Waals surface area contributed by atoms with Gasteiger partial charge in [0.25, 0.3) is 0 Å². The fraction of sp³-hybridized carbons (Fsp3) is 0.765. The molecule has 116 valence electrons. The third-order valence-corrected chi connectivity index (χ3v) is 12.4. The van der Waals surface area contributed by atoms with E-state index >= 15 is 0 Å². The van der Waals surface area contributed by atoms with Gasteiger partial charge in [-0.15, -0.1) is 0 Å². The van der Waals surface area contributed by atoms with Crippen LogP contribution >= 0.6 is 0 Å². The third kappa shape index (κ3) is 5.96. The Balaban J connectivity index is 2.75. The quantitative estimate of drug-likeness (QED) is 0.467. The fourth-order valence-electron chi connectivity index (χ4n) is 2.81. The Kier molecular flexibility index (Phi) is 7.40. The molecule has 1 unspecified atom stereocenters. The van der Waals surface area contributed by atoms with Crippen molar-refractivity contribution in [3.63, 3.8) is 0 Å². The van der Waals surface area contributed by atoms with Crippen molar-refractivity contribution in [3.05, 3.63) is 22.0 Å². The van der Waals surface area contributed by atoms with E-state index in [0.29, 0.717) is 5.92 Å². The zero-order chi connectivity index (χ0) is 15.2. The van der Waals surface area contributed by atoms with E-state index in [-0.39, 0.29) is 0 Å². The Morgan fingerprint density at radius 2 is 1.80 bits per heavy atom. The predicted octanol–water partition coefficient (Wildman–Crippen LogP) is 6.13. The van der Waals surface area contributed by atoms with E-state index in [2.05, 4.69) is 51.8 Å². The van der Waals surface area contributed by atoms with Crippen molar-refractivity contribution in [3.8, 4) is 0 Å². The molecule has 1 aliphatic rings. The van der Waals surface area contributed by atoms with Crippen molar-refractivity contribution in [2.45, 2.75) is 73.0 Å². The van der Waals surface area contributed by atoms with Gasteiger partial charge in [-0.1, -0.05) is 0 Å². The van der Waals surface area contributed by atoms with Gasteiger partial charge in [-0.05, 0) is 0 Å². The minimum absolute atomic E-state index is 0.631.